The minimum absolute atomic E-state index is 0.00981. The normalized spacial score (nSPS) is 15.8. The van der Waals surface area contributed by atoms with E-state index in [9.17, 15) is 14.9 Å². The van der Waals surface area contributed by atoms with Gasteiger partial charge in [-0.2, -0.15) is 0 Å². The molecule has 0 unspecified atom stereocenters. The highest BCUT2D eigenvalue weighted by atomic mass is 16.6. The molecule has 1 aromatic rings. The van der Waals surface area contributed by atoms with E-state index < -0.39 is 4.92 Å². The van der Waals surface area contributed by atoms with E-state index in [4.69, 9.17) is 5.73 Å². The SMILES string of the molecule is NCCC1CCN(C(=O)Nc2ccc([N+](=O)[O-])cc2)CC1. The lowest BCUT2D eigenvalue weighted by Gasteiger charge is -2.31. The number of rotatable bonds is 4. The average molecular weight is 292 g/mol. The number of likely N-dealkylation sites (tertiary alicyclic amines) is 1. The van der Waals surface area contributed by atoms with Gasteiger partial charge in [0.05, 0.1) is 4.92 Å². The van der Waals surface area contributed by atoms with Gasteiger partial charge in [0.2, 0.25) is 0 Å². The molecule has 0 radical (unpaired) electrons. The van der Waals surface area contributed by atoms with Crippen molar-refractivity contribution in [2.45, 2.75) is 19.3 Å². The van der Waals surface area contributed by atoms with Crippen LogP contribution in [0.15, 0.2) is 24.3 Å². The number of benzene rings is 1. The zero-order valence-electron chi connectivity index (χ0n) is 11.8. The van der Waals surface area contributed by atoms with Crippen LogP contribution in [-0.4, -0.2) is 35.5 Å². The quantitative estimate of drug-likeness (QED) is 0.656. The fraction of sp³-hybridized carbons (Fsp3) is 0.500. The average Bonchev–Trinajstić information content (AvgIpc) is 2.49. The molecule has 3 N–H and O–H groups in total. The standard InChI is InChI=1S/C14H20N4O3/c15-8-5-11-6-9-17(10-7-11)14(19)16-12-1-3-13(4-2-12)18(20)21/h1-4,11H,5-10,15H2,(H,16,19). The monoisotopic (exact) mass is 292 g/mol. The maximum Gasteiger partial charge on any atom is 0.321 e. The first kappa shape index (κ1) is 15.2. The lowest BCUT2D eigenvalue weighted by Crippen LogP contribution is -2.41. The third-order valence-electron chi connectivity index (χ3n) is 3.81. The number of nitrogens with zero attached hydrogens (tertiary/aromatic N) is 2. The van der Waals surface area contributed by atoms with Gasteiger partial charge in [0, 0.05) is 30.9 Å². The molecule has 1 aromatic carbocycles. The largest absolute Gasteiger partial charge is 0.330 e. The number of nitrogens with one attached hydrogen (secondary N) is 1. The summed E-state index contributed by atoms with van der Waals surface area (Å²) in [5, 5.41) is 13.3. The molecule has 0 saturated carbocycles. The first-order valence-corrected chi connectivity index (χ1v) is 7.10. The number of carbonyl (C=O) groups is 1. The highest BCUT2D eigenvalue weighted by Crippen LogP contribution is 2.21. The lowest BCUT2D eigenvalue weighted by atomic mass is 9.94. The number of nitro groups is 1. The third-order valence-corrected chi connectivity index (χ3v) is 3.81. The number of amides is 2. The van der Waals surface area contributed by atoms with Crippen LogP contribution in [0.2, 0.25) is 0 Å². The third kappa shape index (κ3) is 4.16. The topological polar surface area (TPSA) is 102 Å². The second kappa shape index (κ2) is 7.03. The lowest BCUT2D eigenvalue weighted by molar-refractivity contribution is -0.384. The van der Waals surface area contributed by atoms with Crippen molar-refractivity contribution in [1.82, 2.24) is 4.90 Å². The molecule has 0 aromatic heterocycles. The molecule has 1 fully saturated rings. The number of urea groups is 1. The maximum atomic E-state index is 12.1. The summed E-state index contributed by atoms with van der Waals surface area (Å²) in [7, 11) is 0. The van der Waals surface area contributed by atoms with Gasteiger partial charge in [-0.25, -0.2) is 4.79 Å². The number of hydrogen-bond donors (Lipinski definition) is 2. The van der Waals surface area contributed by atoms with Crippen LogP contribution >= 0.6 is 0 Å². The zero-order chi connectivity index (χ0) is 15.2. The number of piperidine rings is 1. The Labute approximate surface area is 123 Å². The van der Waals surface area contributed by atoms with Crippen LogP contribution in [0.1, 0.15) is 19.3 Å². The number of nitrogens with two attached hydrogens (primary N) is 1. The first-order chi connectivity index (χ1) is 10.1. The summed E-state index contributed by atoms with van der Waals surface area (Å²) in [6.45, 7) is 2.15. The molecular weight excluding hydrogens is 272 g/mol. The molecule has 0 aliphatic carbocycles. The van der Waals surface area contributed by atoms with Gasteiger partial charge in [0.1, 0.15) is 0 Å². The Balaban J connectivity index is 1.86. The first-order valence-electron chi connectivity index (χ1n) is 7.10. The highest BCUT2D eigenvalue weighted by Gasteiger charge is 2.22. The van der Waals surface area contributed by atoms with E-state index in [1.807, 2.05) is 0 Å². The molecule has 0 bridgehead atoms. The molecule has 7 heteroatoms. The van der Waals surface area contributed by atoms with Crippen molar-refractivity contribution in [3.63, 3.8) is 0 Å². The van der Waals surface area contributed by atoms with E-state index >= 15 is 0 Å². The summed E-state index contributed by atoms with van der Waals surface area (Å²) < 4.78 is 0. The van der Waals surface area contributed by atoms with Crippen molar-refractivity contribution in [2.75, 3.05) is 25.0 Å². The van der Waals surface area contributed by atoms with Crippen molar-refractivity contribution in [3.05, 3.63) is 34.4 Å². The Kier molecular flexibility index (Phi) is 5.10. The molecule has 0 spiro atoms. The van der Waals surface area contributed by atoms with E-state index in [2.05, 4.69) is 5.32 Å². The molecule has 0 atom stereocenters. The highest BCUT2D eigenvalue weighted by molar-refractivity contribution is 5.89. The predicted octanol–water partition coefficient (Wildman–Crippen LogP) is 2.19. The minimum Gasteiger partial charge on any atom is -0.330 e. The molecule has 1 aliphatic rings. The number of non-ortho nitro benzene ring substituents is 1. The Hall–Kier alpha value is -2.15. The molecule has 114 valence electrons. The van der Waals surface area contributed by atoms with E-state index in [1.54, 1.807) is 4.90 Å². The minimum atomic E-state index is -0.464. The molecule has 1 heterocycles. The van der Waals surface area contributed by atoms with E-state index in [0.717, 1.165) is 32.4 Å². The van der Waals surface area contributed by atoms with Gasteiger partial charge >= 0.3 is 6.03 Å². The Morgan fingerprint density at radius 2 is 1.95 bits per heavy atom. The fourth-order valence-corrected chi connectivity index (χ4v) is 2.53. The van der Waals surface area contributed by atoms with Gasteiger partial charge in [-0.15, -0.1) is 0 Å². The zero-order valence-corrected chi connectivity index (χ0v) is 11.8. The van der Waals surface area contributed by atoms with Crippen LogP contribution < -0.4 is 11.1 Å². The van der Waals surface area contributed by atoms with Crippen LogP contribution in [0, 0.1) is 16.0 Å². The Bertz CT molecular complexity index is 495. The smallest absolute Gasteiger partial charge is 0.321 e. The van der Waals surface area contributed by atoms with Gasteiger partial charge < -0.3 is 16.0 Å². The van der Waals surface area contributed by atoms with E-state index in [0.29, 0.717) is 18.2 Å². The fourth-order valence-electron chi connectivity index (χ4n) is 2.53. The number of nitro benzene ring substituents is 1. The van der Waals surface area contributed by atoms with Crippen LogP contribution in [0.3, 0.4) is 0 Å². The predicted molar refractivity (Wildman–Crippen MR) is 80.1 cm³/mol. The van der Waals surface area contributed by atoms with Crippen molar-refractivity contribution >= 4 is 17.4 Å². The number of hydrogen-bond acceptors (Lipinski definition) is 4. The number of carbonyl (C=O) groups excluding carboxylic acids is 1. The van der Waals surface area contributed by atoms with Gasteiger partial charge in [-0.1, -0.05) is 0 Å². The summed E-state index contributed by atoms with van der Waals surface area (Å²) in [6, 6.07) is 5.68. The Morgan fingerprint density at radius 3 is 2.48 bits per heavy atom. The summed E-state index contributed by atoms with van der Waals surface area (Å²) in [6.07, 6.45) is 2.97. The Morgan fingerprint density at radius 1 is 1.33 bits per heavy atom. The van der Waals surface area contributed by atoms with Crippen molar-refractivity contribution in [1.29, 1.82) is 0 Å². The molecule has 2 amide bonds. The summed E-state index contributed by atoms with van der Waals surface area (Å²) in [5.41, 5.74) is 6.12. The second-order valence-electron chi connectivity index (χ2n) is 5.24. The van der Waals surface area contributed by atoms with Gasteiger partial charge in [-0.3, -0.25) is 10.1 Å². The van der Waals surface area contributed by atoms with Crippen LogP contribution in [0.5, 0.6) is 0 Å². The molecule has 21 heavy (non-hydrogen) atoms. The van der Waals surface area contributed by atoms with Crippen LogP contribution in [0.4, 0.5) is 16.2 Å². The molecule has 1 aliphatic heterocycles. The van der Waals surface area contributed by atoms with Crippen molar-refractivity contribution in [2.24, 2.45) is 11.7 Å². The molecule has 1 saturated heterocycles. The van der Waals surface area contributed by atoms with Gasteiger partial charge in [-0.05, 0) is 43.9 Å². The number of anilines is 1. The second-order valence-corrected chi connectivity index (χ2v) is 5.24. The molecule has 7 nitrogen and oxygen atoms in total. The van der Waals surface area contributed by atoms with Crippen molar-refractivity contribution in [3.8, 4) is 0 Å². The maximum absolute atomic E-state index is 12.1. The van der Waals surface area contributed by atoms with E-state index in [-0.39, 0.29) is 11.7 Å². The van der Waals surface area contributed by atoms with Gasteiger partial charge in [0.15, 0.2) is 0 Å². The molecular formula is C14H20N4O3. The van der Waals surface area contributed by atoms with E-state index in [1.165, 1.54) is 24.3 Å². The summed E-state index contributed by atoms with van der Waals surface area (Å²) >= 11 is 0. The van der Waals surface area contributed by atoms with Gasteiger partial charge in [0.25, 0.3) is 5.69 Å². The summed E-state index contributed by atoms with van der Waals surface area (Å²) in [4.78, 5) is 24.0. The summed E-state index contributed by atoms with van der Waals surface area (Å²) in [5.74, 6) is 0.610. The van der Waals surface area contributed by atoms with Crippen molar-refractivity contribution < 1.29 is 9.72 Å². The molecule has 2 rings (SSSR count). The van der Waals surface area contributed by atoms with Crippen LogP contribution in [-0.2, 0) is 0 Å². The van der Waals surface area contributed by atoms with Crippen LogP contribution in [0.25, 0.3) is 0 Å².